The summed E-state index contributed by atoms with van der Waals surface area (Å²) < 4.78 is 0. The van der Waals surface area contributed by atoms with Crippen molar-refractivity contribution in [2.24, 2.45) is 0 Å². The zero-order valence-electron chi connectivity index (χ0n) is 13.5. The number of rotatable bonds is 4. The van der Waals surface area contributed by atoms with Crippen LogP contribution in [-0.4, -0.2) is 15.0 Å². The van der Waals surface area contributed by atoms with Gasteiger partial charge in [0.05, 0.1) is 5.39 Å². The lowest BCUT2D eigenvalue weighted by Gasteiger charge is -2.16. The van der Waals surface area contributed by atoms with E-state index in [9.17, 15) is 0 Å². The lowest BCUT2D eigenvalue weighted by atomic mass is 9.94. The van der Waals surface area contributed by atoms with Crippen molar-refractivity contribution in [2.75, 3.05) is 17.2 Å². The van der Waals surface area contributed by atoms with E-state index in [1.807, 2.05) is 30.3 Å². The molecule has 1 aromatic carbocycles. The minimum Gasteiger partial charge on any atom is -0.383 e. The van der Waals surface area contributed by atoms with Crippen LogP contribution in [0.25, 0.3) is 22.2 Å². The number of nitrogens with zero attached hydrogens (tertiary/aromatic N) is 3. The van der Waals surface area contributed by atoms with Gasteiger partial charge in [0.2, 0.25) is 5.95 Å². The SMILES string of the molecule is CCCCc1c(N)nc2nc(N)nc(N)c2c1-c1ccccc1.Cl. The molecule has 0 bridgehead atoms. The zero-order valence-corrected chi connectivity index (χ0v) is 14.3. The van der Waals surface area contributed by atoms with Gasteiger partial charge in [-0.1, -0.05) is 43.7 Å². The Morgan fingerprint density at radius 1 is 0.917 bits per heavy atom. The summed E-state index contributed by atoms with van der Waals surface area (Å²) in [5.74, 6) is 0.904. The van der Waals surface area contributed by atoms with Crippen molar-refractivity contribution >= 4 is 41.0 Å². The second-order valence-electron chi connectivity index (χ2n) is 5.49. The van der Waals surface area contributed by atoms with Crippen LogP contribution in [0.15, 0.2) is 30.3 Å². The van der Waals surface area contributed by atoms with Crippen LogP contribution in [0, 0.1) is 0 Å². The topological polar surface area (TPSA) is 117 Å². The molecule has 0 amide bonds. The molecular formula is C17H21ClN6. The molecule has 3 aromatic rings. The van der Waals surface area contributed by atoms with Gasteiger partial charge in [0.1, 0.15) is 11.6 Å². The standard InChI is InChI=1S/C17H20N6.ClH/c1-2-3-9-11-12(10-7-5-4-6-8-10)13-15(19)22-17(20)23-16(13)21-14(11)18;/h4-8H,2-3,9H2,1H3,(H6,18,19,20,21,22,23);1H. The van der Waals surface area contributed by atoms with E-state index < -0.39 is 0 Å². The molecule has 2 heterocycles. The number of pyridine rings is 1. The molecule has 0 aliphatic rings. The van der Waals surface area contributed by atoms with Gasteiger partial charge in [-0.15, -0.1) is 12.4 Å². The number of nitrogen functional groups attached to an aromatic ring is 3. The summed E-state index contributed by atoms with van der Waals surface area (Å²) in [5, 5.41) is 0.714. The van der Waals surface area contributed by atoms with E-state index >= 15 is 0 Å². The number of fused-ring (bicyclic) bond motifs is 1. The molecule has 24 heavy (non-hydrogen) atoms. The summed E-state index contributed by atoms with van der Waals surface area (Å²) in [6.45, 7) is 2.14. The number of nitrogens with two attached hydrogens (primary N) is 3. The Morgan fingerprint density at radius 3 is 2.29 bits per heavy atom. The average Bonchev–Trinajstić information content (AvgIpc) is 2.53. The van der Waals surface area contributed by atoms with Crippen molar-refractivity contribution in [3.63, 3.8) is 0 Å². The summed E-state index contributed by atoms with van der Waals surface area (Å²) in [6.07, 6.45) is 2.92. The smallest absolute Gasteiger partial charge is 0.224 e. The van der Waals surface area contributed by atoms with Gasteiger partial charge in [0.25, 0.3) is 0 Å². The first kappa shape index (κ1) is 17.7. The van der Waals surface area contributed by atoms with Crippen molar-refractivity contribution in [3.05, 3.63) is 35.9 Å². The molecule has 0 saturated heterocycles. The van der Waals surface area contributed by atoms with E-state index in [2.05, 4.69) is 21.9 Å². The van der Waals surface area contributed by atoms with Crippen LogP contribution in [0.1, 0.15) is 25.3 Å². The number of anilines is 3. The van der Waals surface area contributed by atoms with Gasteiger partial charge >= 0.3 is 0 Å². The van der Waals surface area contributed by atoms with Crippen LogP contribution in [0.5, 0.6) is 0 Å². The third-order valence-corrected chi connectivity index (χ3v) is 3.87. The number of benzene rings is 1. The molecule has 0 radical (unpaired) electrons. The summed E-state index contributed by atoms with van der Waals surface area (Å²) in [5.41, 5.74) is 21.5. The molecule has 0 unspecified atom stereocenters. The molecule has 0 fully saturated rings. The van der Waals surface area contributed by atoms with E-state index in [1.54, 1.807) is 0 Å². The quantitative estimate of drug-likeness (QED) is 0.669. The second kappa shape index (κ2) is 7.31. The number of aromatic nitrogens is 3. The summed E-state index contributed by atoms with van der Waals surface area (Å²) in [6, 6.07) is 9.99. The second-order valence-corrected chi connectivity index (χ2v) is 5.49. The highest BCUT2D eigenvalue weighted by Gasteiger charge is 2.18. The molecule has 7 heteroatoms. The molecule has 3 rings (SSSR count). The van der Waals surface area contributed by atoms with E-state index in [-0.39, 0.29) is 18.4 Å². The fraction of sp³-hybridized carbons (Fsp3) is 0.235. The minimum absolute atomic E-state index is 0. The first-order valence-electron chi connectivity index (χ1n) is 7.68. The summed E-state index contributed by atoms with van der Waals surface area (Å²) >= 11 is 0. The maximum Gasteiger partial charge on any atom is 0.224 e. The summed E-state index contributed by atoms with van der Waals surface area (Å²) in [4.78, 5) is 12.7. The lowest BCUT2D eigenvalue weighted by molar-refractivity contribution is 0.796. The number of hydrogen-bond acceptors (Lipinski definition) is 6. The highest BCUT2D eigenvalue weighted by atomic mass is 35.5. The molecule has 0 aliphatic carbocycles. The minimum atomic E-state index is 0. The lowest BCUT2D eigenvalue weighted by Crippen LogP contribution is -2.08. The molecule has 2 aromatic heterocycles. The maximum atomic E-state index is 6.21. The van der Waals surface area contributed by atoms with Crippen LogP contribution in [0.2, 0.25) is 0 Å². The predicted molar refractivity (Wildman–Crippen MR) is 102 cm³/mol. The Kier molecular flexibility index (Phi) is 5.41. The molecule has 0 saturated carbocycles. The van der Waals surface area contributed by atoms with Gasteiger partial charge in [-0.05, 0) is 18.4 Å². The Morgan fingerprint density at radius 2 is 1.62 bits per heavy atom. The molecule has 0 atom stereocenters. The van der Waals surface area contributed by atoms with Gasteiger partial charge in [-0.3, -0.25) is 0 Å². The molecule has 0 spiro atoms. The molecule has 0 aliphatic heterocycles. The van der Waals surface area contributed by atoms with Crippen LogP contribution in [-0.2, 0) is 6.42 Å². The van der Waals surface area contributed by atoms with E-state index in [4.69, 9.17) is 17.2 Å². The van der Waals surface area contributed by atoms with E-state index in [0.29, 0.717) is 22.7 Å². The van der Waals surface area contributed by atoms with Gasteiger partial charge in [0, 0.05) is 11.1 Å². The van der Waals surface area contributed by atoms with Crippen LogP contribution < -0.4 is 17.2 Å². The normalized spacial score (nSPS) is 10.5. The van der Waals surface area contributed by atoms with E-state index in [0.717, 1.165) is 36.0 Å². The van der Waals surface area contributed by atoms with Crippen molar-refractivity contribution in [1.29, 1.82) is 0 Å². The van der Waals surface area contributed by atoms with Crippen LogP contribution in [0.3, 0.4) is 0 Å². The Balaban J connectivity index is 0.00000208. The highest BCUT2D eigenvalue weighted by molar-refractivity contribution is 6.02. The first-order valence-corrected chi connectivity index (χ1v) is 7.68. The fourth-order valence-corrected chi connectivity index (χ4v) is 2.79. The van der Waals surface area contributed by atoms with Crippen molar-refractivity contribution in [2.45, 2.75) is 26.2 Å². The Hall–Kier alpha value is -2.60. The van der Waals surface area contributed by atoms with Crippen molar-refractivity contribution in [1.82, 2.24) is 15.0 Å². The third kappa shape index (κ3) is 3.19. The number of unbranched alkanes of at least 4 members (excludes halogenated alkanes) is 1. The van der Waals surface area contributed by atoms with Gasteiger partial charge in [-0.2, -0.15) is 9.97 Å². The largest absolute Gasteiger partial charge is 0.383 e. The van der Waals surface area contributed by atoms with Crippen LogP contribution in [0.4, 0.5) is 17.6 Å². The first-order chi connectivity index (χ1) is 11.1. The predicted octanol–water partition coefficient (Wildman–Crippen LogP) is 3.20. The Bertz CT molecular complexity index is 851. The molecule has 6 nitrogen and oxygen atoms in total. The van der Waals surface area contributed by atoms with Gasteiger partial charge < -0.3 is 17.2 Å². The number of hydrogen-bond donors (Lipinski definition) is 3. The number of halogens is 1. The van der Waals surface area contributed by atoms with Crippen LogP contribution >= 0.6 is 12.4 Å². The molecule has 6 N–H and O–H groups in total. The maximum absolute atomic E-state index is 6.21. The summed E-state index contributed by atoms with van der Waals surface area (Å²) in [7, 11) is 0. The molecular weight excluding hydrogens is 324 g/mol. The average molecular weight is 345 g/mol. The third-order valence-electron chi connectivity index (χ3n) is 3.87. The van der Waals surface area contributed by atoms with Gasteiger partial charge in [0.15, 0.2) is 5.65 Å². The zero-order chi connectivity index (χ0) is 16.4. The monoisotopic (exact) mass is 344 g/mol. The Labute approximate surface area is 146 Å². The van der Waals surface area contributed by atoms with Crippen molar-refractivity contribution < 1.29 is 0 Å². The molecule has 126 valence electrons. The van der Waals surface area contributed by atoms with E-state index in [1.165, 1.54) is 0 Å². The highest BCUT2D eigenvalue weighted by Crippen LogP contribution is 2.36. The fourth-order valence-electron chi connectivity index (χ4n) is 2.79. The van der Waals surface area contributed by atoms with Crippen molar-refractivity contribution in [3.8, 4) is 11.1 Å². The van der Waals surface area contributed by atoms with Gasteiger partial charge in [-0.25, -0.2) is 4.98 Å².